The first kappa shape index (κ1) is 15.5. The van der Waals surface area contributed by atoms with Gasteiger partial charge in [-0.3, -0.25) is 0 Å². The molecule has 0 saturated carbocycles. The first-order valence-electron chi connectivity index (χ1n) is 8.53. The van der Waals surface area contributed by atoms with Gasteiger partial charge in [0, 0.05) is 5.92 Å². The van der Waals surface area contributed by atoms with Gasteiger partial charge >= 0.3 is 0 Å². The molecule has 0 aromatic heterocycles. The molecule has 0 aliphatic carbocycles. The second-order valence-corrected chi connectivity index (χ2v) is 6.22. The van der Waals surface area contributed by atoms with Crippen molar-refractivity contribution >= 4 is 10.8 Å². The molecular formula is C24H20O. The Bertz CT molecular complexity index is 972. The summed E-state index contributed by atoms with van der Waals surface area (Å²) >= 11 is 0. The van der Waals surface area contributed by atoms with E-state index in [9.17, 15) is 0 Å². The Balaban J connectivity index is 1.86. The first-order valence-corrected chi connectivity index (χ1v) is 8.53. The van der Waals surface area contributed by atoms with Gasteiger partial charge in [0.05, 0.1) is 7.11 Å². The Hall–Kier alpha value is -3.06. The molecule has 0 aliphatic rings. The fourth-order valence-electron chi connectivity index (χ4n) is 3.41. The molecule has 122 valence electrons. The molecule has 1 heteroatoms. The highest BCUT2D eigenvalue weighted by Crippen LogP contribution is 2.34. The number of hydrogen-bond donors (Lipinski definition) is 0. The zero-order valence-electron chi connectivity index (χ0n) is 14.2. The van der Waals surface area contributed by atoms with Gasteiger partial charge < -0.3 is 4.74 Å². The molecule has 1 nitrogen and oxygen atoms in total. The van der Waals surface area contributed by atoms with Crippen molar-refractivity contribution in [2.45, 2.75) is 5.92 Å². The van der Waals surface area contributed by atoms with Crippen LogP contribution in [0.1, 0.15) is 22.6 Å². The minimum absolute atomic E-state index is 0.205. The highest BCUT2D eigenvalue weighted by atomic mass is 16.5. The monoisotopic (exact) mass is 324 g/mol. The molecule has 0 heterocycles. The molecule has 4 aromatic rings. The second kappa shape index (κ2) is 6.82. The summed E-state index contributed by atoms with van der Waals surface area (Å²) in [6, 6.07) is 34.3. The zero-order valence-corrected chi connectivity index (χ0v) is 14.2. The summed E-state index contributed by atoms with van der Waals surface area (Å²) in [4.78, 5) is 0. The van der Waals surface area contributed by atoms with Crippen LogP contribution in [0.4, 0.5) is 0 Å². The van der Waals surface area contributed by atoms with E-state index >= 15 is 0 Å². The van der Waals surface area contributed by atoms with Crippen molar-refractivity contribution in [3.05, 3.63) is 114 Å². The molecule has 0 spiro atoms. The summed E-state index contributed by atoms with van der Waals surface area (Å²) in [5, 5.41) is 2.54. The maximum atomic E-state index is 5.32. The molecule has 0 N–H and O–H groups in total. The predicted octanol–water partition coefficient (Wildman–Crippen LogP) is 6.03. The van der Waals surface area contributed by atoms with Crippen molar-refractivity contribution in [3.63, 3.8) is 0 Å². The lowest BCUT2D eigenvalue weighted by Crippen LogP contribution is -2.03. The summed E-state index contributed by atoms with van der Waals surface area (Å²) in [5.41, 5.74) is 3.86. The number of methoxy groups -OCH3 is 1. The number of ether oxygens (including phenoxy) is 1. The third kappa shape index (κ3) is 3.14. The summed E-state index contributed by atoms with van der Waals surface area (Å²) in [6.45, 7) is 0. The van der Waals surface area contributed by atoms with Crippen LogP contribution >= 0.6 is 0 Å². The smallest absolute Gasteiger partial charge is 0.118 e. The Kier molecular flexibility index (Phi) is 4.22. The van der Waals surface area contributed by atoms with E-state index < -0.39 is 0 Å². The highest BCUT2D eigenvalue weighted by Gasteiger charge is 2.17. The van der Waals surface area contributed by atoms with Crippen LogP contribution in [0.3, 0.4) is 0 Å². The Morgan fingerprint density at radius 3 is 1.88 bits per heavy atom. The van der Waals surface area contributed by atoms with Crippen LogP contribution in [0.15, 0.2) is 97.1 Å². The lowest BCUT2D eigenvalue weighted by molar-refractivity contribution is 0.414. The lowest BCUT2D eigenvalue weighted by Gasteiger charge is -2.20. The summed E-state index contributed by atoms with van der Waals surface area (Å²) < 4.78 is 5.32. The van der Waals surface area contributed by atoms with Crippen LogP contribution in [0.5, 0.6) is 5.75 Å². The van der Waals surface area contributed by atoms with Crippen molar-refractivity contribution in [1.29, 1.82) is 0 Å². The van der Waals surface area contributed by atoms with Crippen LogP contribution in [-0.4, -0.2) is 7.11 Å². The van der Waals surface area contributed by atoms with Crippen molar-refractivity contribution in [2.75, 3.05) is 7.11 Å². The van der Waals surface area contributed by atoms with Crippen LogP contribution in [0.2, 0.25) is 0 Å². The quantitative estimate of drug-likeness (QED) is 0.417. The molecule has 0 bridgehead atoms. The van der Waals surface area contributed by atoms with Gasteiger partial charge in [0.1, 0.15) is 5.75 Å². The fourth-order valence-corrected chi connectivity index (χ4v) is 3.41. The van der Waals surface area contributed by atoms with Crippen LogP contribution in [-0.2, 0) is 0 Å². The van der Waals surface area contributed by atoms with E-state index in [0.29, 0.717) is 0 Å². The Labute approximate surface area is 148 Å². The van der Waals surface area contributed by atoms with Gasteiger partial charge in [-0.2, -0.15) is 0 Å². The molecule has 0 fully saturated rings. The maximum Gasteiger partial charge on any atom is 0.118 e. The van der Waals surface area contributed by atoms with E-state index in [-0.39, 0.29) is 5.92 Å². The summed E-state index contributed by atoms with van der Waals surface area (Å²) in [7, 11) is 1.70. The highest BCUT2D eigenvalue weighted by molar-refractivity contribution is 5.83. The number of hydrogen-bond acceptors (Lipinski definition) is 1. The van der Waals surface area contributed by atoms with Crippen molar-refractivity contribution in [1.82, 2.24) is 0 Å². The Morgan fingerprint density at radius 2 is 1.16 bits per heavy atom. The average molecular weight is 324 g/mol. The molecule has 0 radical (unpaired) electrons. The van der Waals surface area contributed by atoms with Gasteiger partial charge in [0.25, 0.3) is 0 Å². The molecule has 4 rings (SSSR count). The second-order valence-electron chi connectivity index (χ2n) is 6.22. The number of rotatable bonds is 4. The molecule has 0 unspecified atom stereocenters. The van der Waals surface area contributed by atoms with Gasteiger partial charge in [0.2, 0.25) is 0 Å². The van der Waals surface area contributed by atoms with Gasteiger partial charge in [-0.25, -0.2) is 0 Å². The maximum absolute atomic E-state index is 5.32. The first-order chi connectivity index (χ1) is 12.3. The SMILES string of the molecule is COc1ccc([C@@H](c2ccccc2)c2ccc3ccccc3c2)cc1. The van der Waals surface area contributed by atoms with Crippen LogP contribution in [0.25, 0.3) is 10.8 Å². The topological polar surface area (TPSA) is 9.23 Å². The van der Waals surface area contributed by atoms with Crippen molar-refractivity contribution in [3.8, 4) is 5.75 Å². The molecule has 0 amide bonds. The lowest BCUT2D eigenvalue weighted by atomic mass is 9.84. The van der Waals surface area contributed by atoms with Gasteiger partial charge in [-0.1, -0.05) is 84.9 Å². The van der Waals surface area contributed by atoms with Gasteiger partial charge in [-0.05, 0) is 39.6 Å². The molecule has 1 atom stereocenters. The van der Waals surface area contributed by atoms with E-state index in [1.54, 1.807) is 7.11 Å². The van der Waals surface area contributed by atoms with Crippen molar-refractivity contribution < 1.29 is 4.74 Å². The Morgan fingerprint density at radius 1 is 0.560 bits per heavy atom. The van der Waals surface area contributed by atoms with Crippen LogP contribution in [0, 0.1) is 0 Å². The third-order valence-corrected chi connectivity index (χ3v) is 4.69. The minimum Gasteiger partial charge on any atom is -0.497 e. The molecule has 25 heavy (non-hydrogen) atoms. The standard InChI is InChI=1S/C24H20O/c1-25-23-15-13-20(14-16-23)24(19-8-3-2-4-9-19)22-12-11-18-7-5-6-10-21(18)17-22/h2-17,24H,1H3/t24-/m1/s1. The number of fused-ring (bicyclic) bond motifs is 1. The molecule has 0 aliphatic heterocycles. The minimum atomic E-state index is 0.205. The van der Waals surface area contributed by atoms with Crippen molar-refractivity contribution in [2.24, 2.45) is 0 Å². The van der Waals surface area contributed by atoms with E-state index in [4.69, 9.17) is 4.74 Å². The van der Waals surface area contributed by atoms with E-state index in [2.05, 4.69) is 84.9 Å². The van der Waals surface area contributed by atoms with Crippen LogP contribution < -0.4 is 4.74 Å². The van der Waals surface area contributed by atoms with Gasteiger partial charge in [0.15, 0.2) is 0 Å². The van der Waals surface area contributed by atoms with E-state index in [1.165, 1.54) is 27.5 Å². The third-order valence-electron chi connectivity index (χ3n) is 4.69. The fraction of sp³-hybridized carbons (Fsp3) is 0.0833. The zero-order chi connectivity index (χ0) is 17.1. The summed E-state index contributed by atoms with van der Waals surface area (Å²) in [5.74, 6) is 1.09. The average Bonchev–Trinajstić information content (AvgIpc) is 2.69. The number of benzene rings is 4. The van der Waals surface area contributed by atoms with Gasteiger partial charge in [-0.15, -0.1) is 0 Å². The summed E-state index contributed by atoms with van der Waals surface area (Å²) in [6.07, 6.45) is 0. The predicted molar refractivity (Wildman–Crippen MR) is 104 cm³/mol. The van der Waals surface area contributed by atoms with E-state index in [0.717, 1.165) is 5.75 Å². The molecule has 0 saturated heterocycles. The molecule has 4 aromatic carbocycles. The normalized spacial score (nSPS) is 12.0. The van der Waals surface area contributed by atoms with E-state index in [1.807, 2.05) is 12.1 Å². The largest absolute Gasteiger partial charge is 0.497 e. The molecular weight excluding hydrogens is 304 g/mol.